The highest BCUT2D eigenvalue weighted by Gasteiger charge is 2.19. The van der Waals surface area contributed by atoms with E-state index in [4.69, 9.17) is 10.5 Å². The average molecular weight is 235 g/mol. The molecule has 0 aliphatic carbocycles. The first-order chi connectivity index (χ1) is 7.88. The molecule has 1 aromatic rings. The number of carbonyl (C=O) groups is 1. The molecule has 0 heterocycles. The Kier molecular flexibility index (Phi) is 4.70. The fraction of sp³-hybridized carbons (Fsp3) is 0.500. The molecule has 0 saturated carbocycles. The molecule has 0 spiro atoms. The lowest BCUT2D eigenvalue weighted by Crippen LogP contribution is -2.36. The molecule has 0 amide bonds. The molecule has 0 aliphatic rings. The zero-order valence-corrected chi connectivity index (χ0v) is 10.8. The number of hydrogen-bond acceptors (Lipinski definition) is 3. The maximum Gasteiger partial charge on any atom is 0.323 e. The zero-order valence-electron chi connectivity index (χ0n) is 10.8. The van der Waals surface area contributed by atoms with Crippen LogP contribution in [0, 0.1) is 5.41 Å². The van der Waals surface area contributed by atoms with Gasteiger partial charge in [0, 0.05) is 0 Å². The topological polar surface area (TPSA) is 52.3 Å². The summed E-state index contributed by atoms with van der Waals surface area (Å²) in [7, 11) is 0. The van der Waals surface area contributed by atoms with Crippen molar-refractivity contribution >= 4 is 5.97 Å². The van der Waals surface area contributed by atoms with Crippen molar-refractivity contribution in [2.75, 3.05) is 6.61 Å². The molecule has 0 unspecified atom stereocenters. The maximum absolute atomic E-state index is 11.6. The van der Waals surface area contributed by atoms with Crippen LogP contribution in [0.25, 0.3) is 0 Å². The highest BCUT2D eigenvalue weighted by Crippen LogP contribution is 2.13. The SMILES string of the molecule is CC(C)(C)COC(=O)[C@@H](N)Cc1ccccc1. The van der Waals surface area contributed by atoms with Crippen LogP contribution in [0.3, 0.4) is 0 Å². The van der Waals surface area contributed by atoms with Gasteiger partial charge >= 0.3 is 5.97 Å². The molecule has 17 heavy (non-hydrogen) atoms. The molecule has 1 aromatic carbocycles. The molecule has 0 fully saturated rings. The average Bonchev–Trinajstić information content (AvgIpc) is 2.26. The summed E-state index contributed by atoms with van der Waals surface area (Å²) in [6.07, 6.45) is 0.518. The molecule has 0 aromatic heterocycles. The van der Waals surface area contributed by atoms with Crippen molar-refractivity contribution in [1.29, 1.82) is 0 Å². The predicted molar refractivity (Wildman–Crippen MR) is 68.5 cm³/mol. The molecule has 0 aliphatic heterocycles. The lowest BCUT2D eigenvalue weighted by molar-refractivity contribution is -0.147. The summed E-state index contributed by atoms with van der Waals surface area (Å²) in [5.41, 5.74) is 6.83. The molecule has 1 rings (SSSR count). The minimum atomic E-state index is -0.584. The number of rotatable bonds is 4. The van der Waals surface area contributed by atoms with Gasteiger partial charge in [-0.05, 0) is 17.4 Å². The fourth-order valence-corrected chi connectivity index (χ4v) is 1.35. The monoisotopic (exact) mass is 235 g/mol. The summed E-state index contributed by atoms with van der Waals surface area (Å²) < 4.78 is 5.18. The molecular weight excluding hydrogens is 214 g/mol. The van der Waals surface area contributed by atoms with E-state index in [-0.39, 0.29) is 11.4 Å². The summed E-state index contributed by atoms with van der Waals surface area (Å²) >= 11 is 0. The van der Waals surface area contributed by atoms with Crippen LogP contribution in [0.1, 0.15) is 26.3 Å². The van der Waals surface area contributed by atoms with Crippen molar-refractivity contribution in [3.05, 3.63) is 35.9 Å². The first kappa shape index (κ1) is 13.7. The molecule has 0 bridgehead atoms. The van der Waals surface area contributed by atoms with E-state index in [0.29, 0.717) is 13.0 Å². The van der Waals surface area contributed by atoms with E-state index < -0.39 is 6.04 Å². The van der Waals surface area contributed by atoms with Gasteiger partial charge in [-0.2, -0.15) is 0 Å². The Morgan fingerprint density at radius 2 is 1.88 bits per heavy atom. The minimum Gasteiger partial charge on any atom is -0.464 e. The van der Waals surface area contributed by atoms with E-state index in [9.17, 15) is 4.79 Å². The van der Waals surface area contributed by atoms with Gasteiger partial charge < -0.3 is 10.5 Å². The number of benzene rings is 1. The summed E-state index contributed by atoms with van der Waals surface area (Å²) in [5.74, 6) is -0.330. The summed E-state index contributed by atoms with van der Waals surface area (Å²) in [5, 5.41) is 0. The molecule has 0 radical (unpaired) electrons. The lowest BCUT2D eigenvalue weighted by Gasteiger charge is -2.19. The second-order valence-corrected chi connectivity index (χ2v) is 5.46. The number of ether oxygens (including phenoxy) is 1. The van der Waals surface area contributed by atoms with Crippen LogP contribution < -0.4 is 5.73 Å². The third-order valence-corrected chi connectivity index (χ3v) is 2.25. The first-order valence-electron chi connectivity index (χ1n) is 5.84. The van der Waals surface area contributed by atoms with Crippen LogP contribution in [0.5, 0.6) is 0 Å². The second kappa shape index (κ2) is 5.82. The predicted octanol–water partition coefficient (Wildman–Crippen LogP) is 2.15. The standard InChI is InChI=1S/C14H21NO2/c1-14(2,3)10-17-13(16)12(15)9-11-7-5-4-6-8-11/h4-8,12H,9-10,15H2,1-3H3/t12-/m0/s1. The van der Waals surface area contributed by atoms with Gasteiger partial charge in [0.15, 0.2) is 0 Å². The summed E-state index contributed by atoms with van der Waals surface area (Å²) in [4.78, 5) is 11.6. The minimum absolute atomic E-state index is 0.0257. The largest absolute Gasteiger partial charge is 0.464 e. The Labute approximate surface area is 103 Å². The number of esters is 1. The zero-order chi connectivity index (χ0) is 12.9. The summed E-state index contributed by atoms with van der Waals surface area (Å²) in [6, 6.07) is 9.13. The molecule has 94 valence electrons. The van der Waals surface area contributed by atoms with Crippen molar-refractivity contribution < 1.29 is 9.53 Å². The second-order valence-electron chi connectivity index (χ2n) is 5.46. The fourth-order valence-electron chi connectivity index (χ4n) is 1.35. The van der Waals surface area contributed by atoms with Crippen LogP contribution in [0.4, 0.5) is 0 Å². The Morgan fingerprint density at radius 1 is 1.29 bits per heavy atom. The van der Waals surface area contributed by atoms with Gasteiger partial charge in [0.1, 0.15) is 6.04 Å². The van der Waals surface area contributed by atoms with Crippen molar-refractivity contribution in [3.8, 4) is 0 Å². The Hall–Kier alpha value is -1.35. The Morgan fingerprint density at radius 3 is 2.41 bits per heavy atom. The van der Waals surface area contributed by atoms with Gasteiger partial charge in [0.2, 0.25) is 0 Å². The molecule has 2 N–H and O–H groups in total. The van der Waals surface area contributed by atoms with Gasteiger partial charge in [-0.3, -0.25) is 4.79 Å². The highest BCUT2D eigenvalue weighted by atomic mass is 16.5. The van der Waals surface area contributed by atoms with Crippen molar-refractivity contribution in [2.24, 2.45) is 11.1 Å². The van der Waals surface area contributed by atoms with Gasteiger partial charge in [-0.25, -0.2) is 0 Å². The van der Waals surface area contributed by atoms with Crippen LogP contribution in [0.15, 0.2) is 30.3 Å². The van der Waals surface area contributed by atoms with E-state index in [1.807, 2.05) is 51.1 Å². The highest BCUT2D eigenvalue weighted by molar-refractivity contribution is 5.75. The van der Waals surface area contributed by atoms with E-state index >= 15 is 0 Å². The van der Waals surface area contributed by atoms with E-state index in [1.54, 1.807) is 0 Å². The lowest BCUT2D eigenvalue weighted by atomic mass is 9.98. The van der Waals surface area contributed by atoms with Crippen LogP contribution in [-0.4, -0.2) is 18.6 Å². The van der Waals surface area contributed by atoms with E-state index in [2.05, 4.69) is 0 Å². The molecule has 3 heteroatoms. The third kappa shape index (κ3) is 5.50. The number of nitrogens with two attached hydrogens (primary N) is 1. The van der Waals surface area contributed by atoms with E-state index in [0.717, 1.165) is 5.56 Å². The van der Waals surface area contributed by atoms with E-state index in [1.165, 1.54) is 0 Å². The number of carbonyl (C=O) groups excluding carboxylic acids is 1. The van der Waals surface area contributed by atoms with Gasteiger partial charge in [-0.1, -0.05) is 51.1 Å². The van der Waals surface area contributed by atoms with Crippen molar-refractivity contribution in [2.45, 2.75) is 33.2 Å². The number of hydrogen-bond donors (Lipinski definition) is 1. The Balaban J connectivity index is 2.43. The molecular formula is C14H21NO2. The quantitative estimate of drug-likeness (QED) is 0.813. The smallest absolute Gasteiger partial charge is 0.323 e. The van der Waals surface area contributed by atoms with Gasteiger partial charge in [0.25, 0.3) is 0 Å². The first-order valence-corrected chi connectivity index (χ1v) is 5.84. The molecule has 1 atom stereocenters. The van der Waals surface area contributed by atoms with Gasteiger partial charge in [0.05, 0.1) is 6.61 Å². The summed E-state index contributed by atoms with van der Waals surface area (Å²) in [6.45, 7) is 6.45. The van der Waals surface area contributed by atoms with Crippen molar-refractivity contribution in [3.63, 3.8) is 0 Å². The molecule has 3 nitrogen and oxygen atoms in total. The van der Waals surface area contributed by atoms with Crippen LogP contribution >= 0.6 is 0 Å². The van der Waals surface area contributed by atoms with Crippen LogP contribution in [-0.2, 0) is 16.0 Å². The Bertz CT molecular complexity index is 354. The van der Waals surface area contributed by atoms with Crippen LogP contribution in [0.2, 0.25) is 0 Å². The normalized spacial score (nSPS) is 13.2. The maximum atomic E-state index is 11.6. The third-order valence-electron chi connectivity index (χ3n) is 2.25. The molecule has 0 saturated heterocycles. The van der Waals surface area contributed by atoms with Crippen molar-refractivity contribution in [1.82, 2.24) is 0 Å². The van der Waals surface area contributed by atoms with Gasteiger partial charge in [-0.15, -0.1) is 0 Å².